The predicted molar refractivity (Wildman–Crippen MR) is 100 cm³/mol. The number of hydrogen-bond acceptors (Lipinski definition) is 4. The fraction of sp³-hybridized carbons (Fsp3) is 0.895. The van der Waals surface area contributed by atoms with Crippen LogP contribution in [0.15, 0.2) is 0 Å². The van der Waals surface area contributed by atoms with Gasteiger partial charge in [0.25, 0.3) is 0 Å². The highest BCUT2D eigenvalue weighted by Gasteiger charge is 2.32. The van der Waals surface area contributed by atoms with Crippen LogP contribution in [0.25, 0.3) is 0 Å². The van der Waals surface area contributed by atoms with E-state index in [4.69, 9.17) is 10.5 Å². The summed E-state index contributed by atoms with van der Waals surface area (Å²) in [5, 5.41) is 0. The number of nitrogens with zero attached hydrogens (tertiary/aromatic N) is 2. The van der Waals surface area contributed by atoms with E-state index in [0.717, 1.165) is 12.8 Å². The number of carbonyl (C=O) groups excluding carboxylic acids is 2. The molecule has 1 aliphatic rings. The monoisotopic (exact) mass is 355 g/mol. The molecule has 0 aromatic heterocycles. The molecule has 0 unspecified atom stereocenters. The Hall–Kier alpha value is -1.30. The molecule has 146 valence electrons. The van der Waals surface area contributed by atoms with Crippen LogP contribution in [0.4, 0.5) is 4.79 Å². The molecule has 1 fully saturated rings. The smallest absolute Gasteiger partial charge is 0.410 e. The zero-order valence-electron chi connectivity index (χ0n) is 17.0. The molecule has 0 radical (unpaired) electrons. The van der Waals surface area contributed by atoms with Crippen LogP contribution in [0.1, 0.15) is 61.3 Å². The number of ether oxygens (including phenoxy) is 1. The Morgan fingerprint density at radius 2 is 1.84 bits per heavy atom. The van der Waals surface area contributed by atoms with Gasteiger partial charge >= 0.3 is 6.09 Å². The summed E-state index contributed by atoms with van der Waals surface area (Å²) in [6, 6.07) is -0.387. The predicted octanol–water partition coefficient (Wildman–Crippen LogP) is 2.85. The SMILES string of the molecule is CC(C)[C@H](N)C(=O)N(C[C@H]1CCCN(C(=O)OC(C)(C)C)C1)C(C)C. The molecule has 1 saturated heterocycles. The summed E-state index contributed by atoms with van der Waals surface area (Å²) >= 11 is 0. The van der Waals surface area contributed by atoms with Crippen LogP contribution >= 0.6 is 0 Å². The average Bonchev–Trinajstić information content (AvgIpc) is 2.49. The third-order valence-electron chi connectivity index (χ3n) is 4.54. The van der Waals surface area contributed by atoms with Gasteiger partial charge in [0, 0.05) is 25.7 Å². The van der Waals surface area contributed by atoms with E-state index >= 15 is 0 Å². The van der Waals surface area contributed by atoms with Gasteiger partial charge in [0.15, 0.2) is 0 Å². The van der Waals surface area contributed by atoms with Gasteiger partial charge in [-0.2, -0.15) is 0 Å². The molecule has 6 nitrogen and oxygen atoms in total. The van der Waals surface area contributed by atoms with Gasteiger partial charge in [-0.05, 0) is 59.3 Å². The molecule has 0 aromatic carbocycles. The topological polar surface area (TPSA) is 75.9 Å². The van der Waals surface area contributed by atoms with Crippen LogP contribution in [-0.4, -0.2) is 59.1 Å². The van der Waals surface area contributed by atoms with Crippen molar-refractivity contribution in [3.63, 3.8) is 0 Å². The van der Waals surface area contributed by atoms with E-state index in [9.17, 15) is 9.59 Å². The molecule has 2 amide bonds. The maximum atomic E-state index is 12.7. The first-order valence-electron chi connectivity index (χ1n) is 9.46. The molecule has 0 bridgehead atoms. The van der Waals surface area contributed by atoms with Crippen molar-refractivity contribution in [3.8, 4) is 0 Å². The number of nitrogens with two attached hydrogens (primary N) is 1. The van der Waals surface area contributed by atoms with Crippen LogP contribution in [0.3, 0.4) is 0 Å². The third-order valence-corrected chi connectivity index (χ3v) is 4.54. The maximum absolute atomic E-state index is 12.7. The highest BCUT2D eigenvalue weighted by atomic mass is 16.6. The lowest BCUT2D eigenvalue weighted by atomic mass is 9.96. The lowest BCUT2D eigenvalue weighted by Gasteiger charge is -2.38. The van der Waals surface area contributed by atoms with Crippen molar-refractivity contribution < 1.29 is 14.3 Å². The minimum absolute atomic E-state index is 0.000563. The number of rotatable bonds is 5. The molecule has 0 aliphatic carbocycles. The highest BCUT2D eigenvalue weighted by molar-refractivity contribution is 5.82. The lowest BCUT2D eigenvalue weighted by Crippen LogP contribution is -2.52. The summed E-state index contributed by atoms with van der Waals surface area (Å²) in [4.78, 5) is 28.6. The number of carbonyl (C=O) groups is 2. The van der Waals surface area contributed by atoms with Crippen molar-refractivity contribution in [3.05, 3.63) is 0 Å². The van der Waals surface area contributed by atoms with Gasteiger partial charge in [0.2, 0.25) is 5.91 Å². The van der Waals surface area contributed by atoms with E-state index in [0.29, 0.717) is 19.6 Å². The second-order valence-electron chi connectivity index (χ2n) is 8.79. The second-order valence-corrected chi connectivity index (χ2v) is 8.79. The van der Waals surface area contributed by atoms with Gasteiger partial charge in [-0.25, -0.2) is 4.79 Å². The standard InChI is InChI=1S/C19H37N3O3/c1-13(2)16(20)17(23)22(14(3)4)12-15-9-8-10-21(11-15)18(24)25-19(5,6)7/h13-16H,8-12,20H2,1-7H3/t15-,16-/m0/s1. The highest BCUT2D eigenvalue weighted by Crippen LogP contribution is 2.21. The summed E-state index contributed by atoms with van der Waals surface area (Å²) in [5.74, 6) is 0.365. The average molecular weight is 356 g/mol. The van der Waals surface area contributed by atoms with Crippen molar-refractivity contribution in [2.24, 2.45) is 17.6 Å². The Balaban J connectivity index is 2.72. The molecule has 0 saturated carbocycles. The molecule has 1 rings (SSSR count). The normalized spacial score (nSPS) is 19.9. The Morgan fingerprint density at radius 3 is 2.32 bits per heavy atom. The fourth-order valence-corrected chi connectivity index (χ4v) is 3.02. The summed E-state index contributed by atoms with van der Waals surface area (Å²) < 4.78 is 5.48. The van der Waals surface area contributed by atoms with E-state index in [1.807, 2.05) is 53.4 Å². The zero-order valence-corrected chi connectivity index (χ0v) is 17.0. The molecule has 2 atom stereocenters. The quantitative estimate of drug-likeness (QED) is 0.823. The summed E-state index contributed by atoms with van der Waals surface area (Å²) in [5.41, 5.74) is 5.58. The molecular formula is C19H37N3O3. The van der Waals surface area contributed by atoms with Crippen LogP contribution < -0.4 is 5.73 Å². The number of piperidine rings is 1. The van der Waals surface area contributed by atoms with Crippen LogP contribution in [-0.2, 0) is 9.53 Å². The van der Waals surface area contributed by atoms with E-state index < -0.39 is 11.6 Å². The second kappa shape index (κ2) is 8.88. The van der Waals surface area contributed by atoms with Crippen molar-refractivity contribution in [1.82, 2.24) is 9.80 Å². The number of hydrogen-bond donors (Lipinski definition) is 1. The third kappa shape index (κ3) is 6.84. The fourth-order valence-electron chi connectivity index (χ4n) is 3.02. The summed E-state index contributed by atoms with van der Waals surface area (Å²) in [6.07, 6.45) is 1.67. The Bertz CT molecular complexity index is 457. The van der Waals surface area contributed by atoms with E-state index in [1.165, 1.54) is 0 Å². The minimum atomic E-state index is -0.492. The van der Waals surface area contributed by atoms with Gasteiger partial charge < -0.3 is 20.3 Å². The number of amides is 2. The van der Waals surface area contributed by atoms with Crippen molar-refractivity contribution in [2.75, 3.05) is 19.6 Å². The van der Waals surface area contributed by atoms with Crippen LogP contribution in [0, 0.1) is 11.8 Å². The molecule has 1 aliphatic heterocycles. The maximum Gasteiger partial charge on any atom is 0.410 e. The van der Waals surface area contributed by atoms with E-state index in [1.54, 1.807) is 4.90 Å². The Labute approximate surface area is 153 Å². The number of likely N-dealkylation sites (tertiary alicyclic amines) is 1. The van der Waals surface area contributed by atoms with Crippen LogP contribution in [0.5, 0.6) is 0 Å². The van der Waals surface area contributed by atoms with Gasteiger partial charge in [-0.1, -0.05) is 13.8 Å². The molecule has 6 heteroatoms. The van der Waals surface area contributed by atoms with Crippen molar-refractivity contribution >= 4 is 12.0 Å². The minimum Gasteiger partial charge on any atom is -0.444 e. The largest absolute Gasteiger partial charge is 0.444 e. The summed E-state index contributed by atoms with van der Waals surface area (Å²) in [7, 11) is 0. The van der Waals surface area contributed by atoms with Crippen molar-refractivity contribution in [2.45, 2.75) is 79.0 Å². The summed E-state index contributed by atoms with van der Waals surface area (Å²) in [6.45, 7) is 15.6. The first-order chi connectivity index (χ1) is 11.4. The van der Waals surface area contributed by atoms with Gasteiger partial charge in [-0.3, -0.25) is 4.79 Å². The first kappa shape index (κ1) is 21.7. The molecule has 0 spiro atoms. The lowest BCUT2D eigenvalue weighted by molar-refractivity contribution is -0.136. The Morgan fingerprint density at radius 1 is 1.24 bits per heavy atom. The van der Waals surface area contributed by atoms with Gasteiger partial charge in [0.1, 0.15) is 5.60 Å². The molecular weight excluding hydrogens is 318 g/mol. The van der Waals surface area contributed by atoms with Crippen LogP contribution in [0.2, 0.25) is 0 Å². The first-order valence-corrected chi connectivity index (χ1v) is 9.46. The van der Waals surface area contributed by atoms with Gasteiger partial charge in [0.05, 0.1) is 6.04 Å². The zero-order chi connectivity index (χ0) is 19.4. The molecule has 25 heavy (non-hydrogen) atoms. The molecule has 0 aromatic rings. The van der Waals surface area contributed by atoms with Crippen molar-refractivity contribution in [1.29, 1.82) is 0 Å². The van der Waals surface area contributed by atoms with E-state index in [2.05, 4.69) is 0 Å². The molecule has 2 N–H and O–H groups in total. The Kier molecular flexibility index (Phi) is 7.72. The van der Waals surface area contributed by atoms with Gasteiger partial charge in [-0.15, -0.1) is 0 Å². The van der Waals surface area contributed by atoms with E-state index in [-0.39, 0.29) is 29.9 Å². The molecule has 1 heterocycles.